The number of hydrogen-bond donors (Lipinski definition) is 7. The summed E-state index contributed by atoms with van der Waals surface area (Å²) in [6.07, 6.45) is -24.0. The van der Waals surface area contributed by atoms with Crippen molar-refractivity contribution in [1.82, 2.24) is 66.9 Å². The zero-order valence-corrected chi connectivity index (χ0v) is 86.9. The lowest BCUT2D eigenvalue weighted by Gasteiger charge is -2.36. The van der Waals surface area contributed by atoms with E-state index in [9.17, 15) is 86.7 Å². The zero-order chi connectivity index (χ0) is 103. The number of nitrogens with two attached hydrogens (primary N) is 3. The Morgan fingerprint density at radius 1 is 0.333 bits per heavy atom. The van der Waals surface area contributed by atoms with Gasteiger partial charge in [0.15, 0.2) is 6.80 Å². The first-order valence-corrected chi connectivity index (χ1v) is 60.1. The van der Waals surface area contributed by atoms with Crippen molar-refractivity contribution in [3.63, 3.8) is 0 Å². The van der Waals surface area contributed by atoms with Crippen LogP contribution in [-0.4, -0.2) is 199 Å². The van der Waals surface area contributed by atoms with Gasteiger partial charge in [-0.3, -0.25) is 75.6 Å². The normalized spacial score (nSPS) is 29.9. The maximum absolute atomic E-state index is 14.9. The molecule has 70 heteroatoms. The monoisotopic (exact) mass is 2250 g/mol. The van der Waals surface area contributed by atoms with Crippen molar-refractivity contribution in [2.45, 2.75) is 229 Å². The molecule has 14 heterocycles. The lowest BCUT2D eigenvalue weighted by atomic mass is 10.2. The maximum Gasteiger partial charge on any atom is 0.351 e. The van der Waals surface area contributed by atoms with Crippen molar-refractivity contribution in [3.8, 4) is 0 Å². The maximum atomic E-state index is 14.9. The van der Waals surface area contributed by atoms with Gasteiger partial charge in [0.05, 0.1) is 88.5 Å². The largest absolute Gasteiger partial charge is 0.780 e. The molecule has 56 nitrogen and oxygen atoms in total. The van der Waals surface area contributed by atoms with Gasteiger partial charge in [-0.2, -0.15) is 15.0 Å². The number of H-pyrrole nitrogens is 4. The second-order valence-corrected chi connectivity index (χ2v) is 52.3. The molecule has 14 rings (SSSR count). The first-order valence-electron chi connectivity index (χ1n) is 42.2. The fourth-order valence-electron chi connectivity index (χ4n) is 15.8. The number of rotatable bonds is 40. The molecule has 0 aromatic carbocycles. The summed E-state index contributed by atoms with van der Waals surface area (Å²) in [6, 6.07) is 0. The van der Waals surface area contributed by atoms with Crippen LogP contribution in [0.3, 0.4) is 0 Å². The van der Waals surface area contributed by atoms with Gasteiger partial charge in [-0.25, -0.2) is 33.6 Å². The quantitative estimate of drug-likeness (QED) is 0.0145. The average molecular weight is 2250 g/mol. The third-order valence-electron chi connectivity index (χ3n) is 23.1. The van der Waals surface area contributed by atoms with E-state index < -0.39 is 304 Å². The van der Waals surface area contributed by atoms with Gasteiger partial charge in [-0.15, -0.1) is 0 Å². The van der Waals surface area contributed by atoms with Crippen LogP contribution in [0.1, 0.15) is 134 Å². The van der Waals surface area contributed by atoms with Crippen molar-refractivity contribution in [2.24, 2.45) is 0 Å². The number of hydrogen-bond acceptors (Lipinski definition) is 52. The van der Waals surface area contributed by atoms with Crippen LogP contribution in [0.4, 0.5) is 17.5 Å². The molecule has 7 aliphatic rings. The number of aromatic amines is 4. The van der Waals surface area contributed by atoms with Crippen molar-refractivity contribution in [3.05, 3.63) is 197 Å². The Kier molecular flexibility index (Phi) is 35.0. The summed E-state index contributed by atoms with van der Waals surface area (Å²) >= 11 is 37.6. The summed E-state index contributed by atoms with van der Waals surface area (Å²) in [5.74, 6) is -0.459. The van der Waals surface area contributed by atoms with Crippen molar-refractivity contribution >= 4 is 148 Å². The summed E-state index contributed by atoms with van der Waals surface area (Å²) in [7, 11) is 1.00. The fraction of sp³-hybridized carbons (Fsp3) is 0.606. The Bertz CT molecular complexity index is 7010. The number of nitrogen functional groups attached to an aromatic ring is 3. The number of nitrogens with one attached hydrogen (secondary N) is 4. The lowest BCUT2D eigenvalue weighted by Crippen LogP contribution is -2.34. The molecule has 14 unspecified atom stereocenters. The molecule has 7 aliphatic heterocycles. The van der Waals surface area contributed by atoms with Gasteiger partial charge in [-0.05, 0) is 55.4 Å². The highest BCUT2D eigenvalue weighted by atomic mass is 32.7. The molecule has 7 aromatic rings. The number of anilines is 3. The predicted octanol–water partition coefficient (Wildman–Crippen LogP) is -3.50. The highest BCUT2D eigenvalue weighted by Gasteiger charge is 2.49. The predicted molar refractivity (Wildman–Crippen MR) is 500 cm³/mol. The molecule has 10 N–H and O–H groups in total. The second kappa shape index (κ2) is 44.5. The van der Waals surface area contributed by atoms with Crippen LogP contribution in [0.2, 0.25) is 0 Å². The minimum Gasteiger partial charge on any atom is -0.780 e. The molecule has 28 atom stereocenters. The highest BCUT2D eigenvalue weighted by Crippen LogP contribution is 2.56. The van der Waals surface area contributed by atoms with E-state index in [1.54, 1.807) is 6.92 Å². The van der Waals surface area contributed by atoms with Crippen LogP contribution >= 0.6 is 47.1 Å². The van der Waals surface area contributed by atoms with Crippen LogP contribution in [0.15, 0.2) is 96.1 Å². The minimum atomic E-state index is -5.08. The number of nitrogens with zero attached hydrogens (tertiary/aromatic N) is 10. The molecular weight excluding hydrogens is 2160 g/mol. The van der Waals surface area contributed by atoms with Gasteiger partial charge in [0.1, 0.15) is 138 Å². The standard InChI is InChI=1S/C71H98N17O39P7S7/c1-30-17-82(65(93)75-58(30)72)52-12-40(46(116-52)25-108-129(101,136)121-38-10-51(114-37(38)8)85-20-33(4)61(89)78-68(85)96)123-131(103,138)110-26-47-41(13-53(117-47)83-18-31(2)59(73)76-66(83)94)124-133(105,140)113-29-50-44(16-57(120-50)88-23-36(7)64(92)81-71(88)99)127-134(106,141)111-27-48-42(14-54(118-48)84-19-32(3)60(74)77-67(84)95)125-132(104,139)112-28-49-43(15-56(119-49)87-22-35(6)63(91)80-70(87)98)126-130(102,137)109-24-45-39(122-128(100,135)107-9)11-55(115-45)86-21-34(5)62(90)79-69(86)97/h17-23,37-57H,10-16,24-29H2,1-9H3,(H,100,135)(H,101,136)(H,102,137)(H,103,138)(H,104,139)(H,105,140)(H,106,141)(H2,72,75,93)(H2,73,76,94)(H2,74,77,95)(H,78,89,96)(H,79,90,97)(H,80,91,98)(H,81,92,99)/p-7/t37-,38?,39?,40?,41?,42?,43?,44?,45-,46-,47-,48-,49-,50-,51-,52-,53-,54-,55-,56-,57-,128?,129?,130?,131?,132?,133?,134?/m1/s1. The Balaban J connectivity index is 0.664. The van der Waals surface area contributed by atoms with Crippen LogP contribution < -0.4 is 109 Å². The molecule has 0 bridgehead atoms. The van der Waals surface area contributed by atoms with E-state index in [1.165, 1.54) is 79.5 Å². The summed E-state index contributed by atoms with van der Waals surface area (Å²) < 4.78 is 146. The van der Waals surface area contributed by atoms with E-state index in [4.69, 9.17) is 197 Å². The van der Waals surface area contributed by atoms with Crippen LogP contribution in [0, 0.1) is 48.5 Å². The van der Waals surface area contributed by atoms with E-state index in [0.29, 0.717) is 5.56 Å². The van der Waals surface area contributed by atoms with E-state index in [1.807, 2.05) is 0 Å². The Hall–Kier alpha value is -5.84. The molecule has 0 radical (unpaired) electrons. The van der Waals surface area contributed by atoms with Crippen LogP contribution in [0.25, 0.3) is 0 Å². The van der Waals surface area contributed by atoms with Gasteiger partial charge in [0.2, 0.25) is 0 Å². The van der Waals surface area contributed by atoms with Gasteiger partial charge in [-0.1, -0.05) is 70.8 Å². The molecule has 0 amide bonds. The molecule has 0 aliphatic carbocycles. The van der Waals surface area contributed by atoms with Gasteiger partial charge < -0.3 is 155 Å². The fourth-order valence-corrected chi connectivity index (χ4v) is 25.6. The summed E-state index contributed by atoms with van der Waals surface area (Å²) in [6.45, 7) is -27.5. The molecule has 7 fully saturated rings. The van der Waals surface area contributed by atoms with Crippen molar-refractivity contribution in [2.75, 3.05) is 64.0 Å². The van der Waals surface area contributed by atoms with Crippen molar-refractivity contribution in [1.29, 1.82) is 0 Å². The smallest absolute Gasteiger partial charge is 0.351 e. The summed E-state index contributed by atoms with van der Waals surface area (Å²) in [5, 5.41) is 0. The van der Waals surface area contributed by atoms with E-state index in [2.05, 4.69) is 34.9 Å². The Morgan fingerprint density at radius 2 is 0.532 bits per heavy atom. The summed E-state index contributed by atoms with van der Waals surface area (Å²) in [5.41, 5.74) is 9.54. The Morgan fingerprint density at radius 3 is 0.780 bits per heavy atom. The lowest BCUT2D eigenvalue weighted by molar-refractivity contribution is -0.222. The number of ether oxygens (including phenoxy) is 7. The van der Waals surface area contributed by atoms with E-state index in [-0.39, 0.29) is 70.1 Å². The molecule has 141 heavy (non-hydrogen) atoms. The minimum absolute atomic E-state index is 0.0138. The molecule has 7 aromatic heterocycles. The molecule has 0 spiro atoms. The molecule has 7 saturated heterocycles. The Labute approximate surface area is 830 Å². The second-order valence-electron chi connectivity index (χ2n) is 33.2. The topological polar surface area (TPSA) is 751 Å². The molecule has 0 saturated carbocycles. The number of aryl methyl sites for hydroxylation is 7. The van der Waals surface area contributed by atoms with E-state index >= 15 is 0 Å². The van der Waals surface area contributed by atoms with Gasteiger partial charge >= 0.3 is 39.8 Å². The third-order valence-corrected chi connectivity index (χ3v) is 34.2. The molecule has 778 valence electrons. The third kappa shape index (κ3) is 27.5. The van der Waals surface area contributed by atoms with Gasteiger partial charge in [0, 0.05) is 134 Å². The first-order chi connectivity index (χ1) is 65.9. The van der Waals surface area contributed by atoms with Crippen LogP contribution in [0.5, 0.6) is 0 Å². The first kappa shape index (κ1) is 111. The van der Waals surface area contributed by atoms with Gasteiger partial charge in [0.25, 0.3) is 22.2 Å². The van der Waals surface area contributed by atoms with Crippen molar-refractivity contribution < 1.29 is 130 Å². The SMILES string of the molecule is COP([O-])(=S)OC1C[C@H](n2cc(C)c(=O)[nH]c2=O)O[C@@H]1COP([O-])(=S)OC1C[C@H](n2cc(C)c(=O)[nH]c2=O)O[C@@H]1COP([O-])(=S)OC1C[C@H](n2cc(C)c(N)nc2=O)O[C@@H]1COP([O-])(=S)OC1C[C@H](n2cc(C)c(=O)[nH]c2=O)O[C@@H]1COP(=O)([S-])OC1C[C@H](n2cc(C)c(N)nc2=O)O[C@@H]1COP([O-])(=S)OC1C[C@H](n2cc(C)c(N)nc2=O)O[C@@H]1COP([O-])(=S)OC1C[C@H](n2cc(C)c(=O)[nH]c2=O)O[C@@H]1C. The average Bonchev–Trinajstić information content (AvgIpc) is 1.66. The molecular formula is C71H91N17O39P7S7-7. The zero-order valence-electron chi connectivity index (χ0n) is 75.0. The highest BCUT2D eigenvalue weighted by molar-refractivity contribution is 8.32. The number of aromatic nitrogens is 14. The summed E-state index contributed by atoms with van der Waals surface area (Å²) in [4.78, 5) is 249. The van der Waals surface area contributed by atoms with Crippen LogP contribution in [-0.2, 0) is 184 Å². The van der Waals surface area contributed by atoms with E-state index in [0.717, 1.165) is 51.5 Å².